The fourth-order valence-corrected chi connectivity index (χ4v) is 7.21. The smallest absolute Gasteiger partial charge is 0.338 e. The summed E-state index contributed by atoms with van der Waals surface area (Å²) >= 11 is 0. The van der Waals surface area contributed by atoms with Crippen LogP contribution in [0.15, 0.2) is 24.3 Å². The molecule has 8 atom stereocenters. The summed E-state index contributed by atoms with van der Waals surface area (Å²) < 4.78 is 11.8. The molecule has 8 heteroatoms. The van der Waals surface area contributed by atoms with E-state index in [0.29, 0.717) is 6.42 Å². The van der Waals surface area contributed by atoms with Crippen molar-refractivity contribution in [2.45, 2.75) is 65.8 Å². The zero-order valence-corrected chi connectivity index (χ0v) is 19.1. The molecule has 174 valence electrons. The number of hydrogen-bond donors (Lipinski definition) is 1. The fraction of sp³-hybridized carbons (Fsp3) is 0.667. The Bertz CT molecular complexity index is 924. The third kappa shape index (κ3) is 3.22. The lowest BCUT2D eigenvalue weighted by Crippen LogP contribution is -2.71. The minimum Gasteiger partial charge on any atom is -0.462 e. The predicted molar refractivity (Wildman–Crippen MR) is 115 cm³/mol. The van der Waals surface area contributed by atoms with Crippen LogP contribution in [0.3, 0.4) is 0 Å². The maximum atomic E-state index is 12.9. The second-order valence-electron chi connectivity index (χ2n) is 10.6. The van der Waals surface area contributed by atoms with E-state index < -0.39 is 34.6 Å². The van der Waals surface area contributed by atoms with Crippen LogP contribution < -0.4 is 0 Å². The van der Waals surface area contributed by atoms with Gasteiger partial charge in [0.1, 0.15) is 12.2 Å². The van der Waals surface area contributed by atoms with Gasteiger partial charge in [-0.2, -0.15) is 0 Å². The lowest BCUT2D eigenvalue weighted by atomic mass is 9.35. The number of rotatable bonds is 4. The van der Waals surface area contributed by atoms with E-state index in [2.05, 4.69) is 27.7 Å². The molecule has 1 aromatic rings. The molecule has 0 aromatic heterocycles. The van der Waals surface area contributed by atoms with E-state index in [1.54, 1.807) is 0 Å². The summed E-state index contributed by atoms with van der Waals surface area (Å²) in [4.78, 5) is 35.3. The Morgan fingerprint density at radius 2 is 1.66 bits per heavy atom. The van der Waals surface area contributed by atoms with Crippen molar-refractivity contribution in [3.8, 4) is 0 Å². The Hall–Kier alpha value is -2.48. The number of nitrogens with zero attached hydrogens (tertiary/aromatic N) is 1. The van der Waals surface area contributed by atoms with Gasteiger partial charge in [-0.15, -0.1) is 0 Å². The molecule has 1 N–H and O–H groups in total. The van der Waals surface area contributed by atoms with Crippen molar-refractivity contribution < 1.29 is 29.1 Å². The number of nitro benzene ring substituents is 1. The Labute approximate surface area is 187 Å². The molecule has 4 fully saturated rings. The van der Waals surface area contributed by atoms with Gasteiger partial charge in [0.25, 0.3) is 5.69 Å². The number of aliphatic hydroxyl groups excluding tert-OH is 1. The van der Waals surface area contributed by atoms with Crippen LogP contribution in [0.1, 0.15) is 57.8 Å². The van der Waals surface area contributed by atoms with Crippen LogP contribution in [0.2, 0.25) is 0 Å². The van der Waals surface area contributed by atoms with Crippen molar-refractivity contribution in [3.63, 3.8) is 0 Å². The molecular weight excluding hydrogens is 414 g/mol. The number of carbonyl (C=O) groups is 2. The number of benzene rings is 1. The normalized spacial score (nSPS) is 39.2. The third-order valence-electron chi connectivity index (χ3n) is 8.53. The van der Waals surface area contributed by atoms with E-state index in [1.807, 2.05) is 0 Å². The van der Waals surface area contributed by atoms with Crippen molar-refractivity contribution in [1.82, 2.24) is 0 Å². The van der Waals surface area contributed by atoms with Gasteiger partial charge in [-0.05, 0) is 42.2 Å². The summed E-state index contributed by atoms with van der Waals surface area (Å²) in [5.74, 6) is -0.361. The Morgan fingerprint density at radius 1 is 1.03 bits per heavy atom. The molecule has 4 saturated carbocycles. The SMILES string of the molecule is CC(=O)O[C@@H]1C[C@@H](OC(=O)c2ccc([N+](=O)[O-])cc2)C(C)(C)[C@@H]2[C@@H]3[C@@H](C)C[C@@H](O)[C@H]2[C@@]31C. The lowest BCUT2D eigenvalue weighted by molar-refractivity contribution is -0.384. The molecule has 8 nitrogen and oxygen atoms in total. The summed E-state index contributed by atoms with van der Waals surface area (Å²) in [6.45, 7) is 9.74. The molecule has 5 rings (SSSR count). The average molecular weight is 446 g/mol. The molecule has 4 aliphatic rings. The topological polar surface area (TPSA) is 116 Å². The zero-order valence-electron chi connectivity index (χ0n) is 19.1. The summed E-state index contributed by atoms with van der Waals surface area (Å²) in [7, 11) is 0. The van der Waals surface area contributed by atoms with Crippen LogP contribution in [-0.4, -0.2) is 40.3 Å². The number of hydrogen-bond acceptors (Lipinski definition) is 7. The van der Waals surface area contributed by atoms with Crippen LogP contribution >= 0.6 is 0 Å². The van der Waals surface area contributed by atoms with Crippen molar-refractivity contribution in [1.29, 1.82) is 0 Å². The molecule has 0 amide bonds. The second kappa shape index (κ2) is 7.54. The number of ether oxygens (including phenoxy) is 2. The first-order valence-electron chi connectivity index (χ1n) is 11.2. The highest BCUT2D eigenvalue weighted by Gasteiger charge is 2.75. The van der Waals surface area contributed by atoms with Gasteiger partial charge < -0.3 is 14.6 Å². The number of esters is 2. The fourth-order valence-electron chi connectivity index (χ4n) is 7.21. The molecular formula is C24H31NO7. The predicted octanol–water partition coefficient (Wildman–Crippen LogP) is 3.75. The minimum absolute atomic E-state index is 0.0360. The number of nitro groups is 1. The highest BCUT2D eigenvalue weighted by Crippen LogP contribution is 2.74. The monoisotopic (exact) mass is 445 g/mol. The zero-order chi connectivity index (χ0) is 23.6. The first kappa shape index (κ1) is 22.7. The Morgan fingerprint density at radius 3 is 2.19 bits per heavy atom. The summed E-state index contributed by atoms with van der Waals surface area (Å²) in [6, 6.07) is 5.32. The van der Waals surface area contributed by atoms with Crippen LogP contribution in [0.5, 0.6) is 0 Å². The molecule has 4 aliphatic carbocycles. The number of carbonyl (C=O) groups excluding carboxylic acids is 2. The van der Waals surface area contributed by atoms with Gasteiger partial charge in [0.05, 0.1) is 16.6 Å². The third-order valence-corrected chi connectivity index (χ3v) is 8.53. The molecule has 0 radical (unpaired) electrons. The molecule has 0 aliphatic heterocycles. The van der Waals surface area contributed by atoms with E-state index in [1.165, 1.54) is 31.2 Å². The Kier molecular flexibility index (Phi) is 5.35. The van der Waals surface area contributed by atoms with E-state index in [-0.39, 0.29) is 46.3 Å². The van der Waals surface area contributed by atoms with Crippen molar-refractivity contribution in [3.05, 3.63) is 39.9 Å². The van der Waals surface area contributed by atoms with Gasteiger partial charge in [-0.1, -0.05) is 27.7 Å². The molecule has 0 heterocycles. The lowest BCUT2D eigenvalue weighted by Gasteiger charge is -2.70. The molecule has 32 heavy (non-hydrogen) atoms. The van der Waals surface area contributed by atoms with Gasteiger partial charge in [-0.3, -0.25) is 14.9 Å². The van der Waals surface area contributed by atoms with Crippen LogP contribution in [-0.2, 0) is 14.3 Å². The van der Waals surface area contributed by atoms with Crippen LogP contribution in [0.4, 0.5) is 5.69 Å². The first-order chi connectivity index (χ1) is 14.9. The van der Waals surface area contributed by atoms with E-state index in [0.717, 1.165) is 6.42 Å². The molecule has 0 unspecified atom stereocenters. The van der Waals surface area contributed by atoms with Gasteiger partial charge in [0.2, 0.25) is 0 Å². The summed E-state index contributed by atoms with van der Waals surface area (Å²) in [6.07, 6.45) is -0.430. The maximum Gasteiger partial charge on any atom is 0.338 e. The Balaban J connectivity index is 1.66. The van der Waals surface area contributed by atoms with Gasteiger partial charge >= 0.3 is 11.9 Å². The van der Waals surface area contributed by atoms with Gasteiger partial charge in [0.15, 0.2) is 0 Å². The van der Waals surface area contributed by atoms with E-state index >= 15 is 0 Å². The van der Waals surface area contributed by atoms with Crippen molar-refractivity contribution in [2.75, 3.05) is 0 Å². The quantitative estimate of drug-likeness (QED) is 0.426. The van der Waals surface area contributed by atoms with Crippen molar-refractivity contribution >= 4 is 17.6 Å². The molecule has 0 spiro atoms. The van der Waals surface area contributed by atoms with Crippen molar-refractivity contribution in [2.24, 2.45) is 34.5 Å². The minimum atomic E-state index is -0.567. The number of aliphatic hydroxyl groups is 1. The second-order valence-corrected chi connectivity index (χ2v) is 10.6. The summed E-state index contributed by atoms with van der Waals surface area (Å²) in [5, 5.41) is 21.9. The number of fused-ring (bicyclic) bond motifs is 3. The largest absolute Gasteiger partial charge is 0.462 e. The maximum absolute atomic E-state index is 12.9. The first-order valence-corrected chi connectivity index (χ1v) is 11.2. The highest BCUT2D eigenvalue weighted by molar-refractivity contribution is 5.89. The van der Waals surface area contributed by atoms with Crippen LogP contribution in [0, 0.1) is 44.6 Å². The van der Waals surface area contributed by atoms with Gasteiger partial charge in [0, 0.05) is 36.3 Å². The highest BCUT2D eigenvalue weighted by atomic mass is 16.6. The van der Waals surface area contributed by atoms with Gasteiger partial charge in [-0.25, -0.2) is 4.79 Å². The molecule has 1 aromatic carbocycles. The summed E-state index contributed by atoms with van der Waals surface area (Å²) in [5.41, 5.74) is -0.697. The molecule has 0 saturated heterocycles. The van der Waals surface area contributed by atoms with Crippen LogP contribution in [0.25, 0.3) is 0 Å². The molecule has 4 bridgehead atoms. The van der Waals surface area contributed by atoms with E-state index in [9.17, 15) is 24.8 Å². The number of non-ortho nitro benzene ring substituents is 1. The van der Waals surface area contributed by atoms with E-state index in [4.69, 9.17) is 9.47 Å². The standard InChI is InChI=1S/C24H31NO7/c1-12-10-16(27)20-21-19(12)24(20,5)18(31-13(2)26)11-17(23(21,3)4)32-22(28)14-6-8-15(9-7-14)25(29)30/h6-9,12,16-21,27H,10-11H2,1-5H3/t12-,16+,17+,18+,19-,20+,21+,24+/m0/s1. The average Bonchev–Trinajstić information content (AvgIpc) is 2.80.